The Hall–Kier alpha value is -1.06. The van der Waals surface area contributed by atoms with Gasteiger partial charge in [0.15, 0.2) is 0 Å². The van der Waals surface area contributed by atoms with Gasteiger partial charge in [0.2, 0.25) is 0 Å². The molecule has 0 heterocycles. The van der Waals surface area contributed by atoms with Crippen molar-refractivity contribution in [2.45, 2.75) is 56.7 Å². The first kappa shape index (κ1) is 12.9. The Morgan fingerprint density at radius 1 is 1.21 bits per heavy atom. The van der Waals surface area contributed by atoms with E-state index in [1.54, 1.807) is 6.07 Å². The Kier molecular flexibility index (Phi) is 3.76. The van der Waals surface area contributed by atoms with Crippen molar-refractivity contribution < 1.29 is 9.84 Å². The third-order valence-corrected chi connectivity index (χ3v) is 4.61. The maximum Gasteiger partial charge on any atom is 0.115 e. The van der Waals surface area contributed by atoms with Crippen LogP contribution in [0.25, 0.3) is 0 Å². The van der Waals surface area contributed by atoms with Crippen LogP contribution in [0.15, 0.2) is 18.2 Å². The summed E-state index contributed by atoms with van der Waals surface area (Å²) in [5, 5.41) is 13.4. The molecule has 1 fully saturated rings. The number of methoxy groups -OCH3 is 1. The van der Waals surface area contributed by atoms with Crippen LogP contribution in [-0.4, -0.2) is 24.4 Å². The molecule has 0 radical (unpaired) electrons. The molecule has 2 aliphatic rings. The zero-order valence-electron chi connectivity index (χ0n) is 11.6. The summed E-state index contributed by atoms with van der Waals surface area (Å²) in [6, 6.07) is 6.71. The lowest BCUT2D eigenvalue weighted by molar-refractivity contribution is 0.0803. The number of phenols is 1. The third-order valence-electron chi connectivity index (χ3n) is 4.61. The number of rotatable bonds is 3. The van der Waals surface area contributed by atoms with Crippen molar-refractivity contribution in [1.82, 2.24) is 5.32 Å². The molecule has 2 N–H and O–H groups in total. The highest BCUT2D eigenvalue weighted by molar-refractivity contribution is 5.38. The SMILES string of the molecule is COC1CCCC1NC1CCCc2cc(O)ccc21. The second-order valence-electron chi connectivity index (χ2n) is 5.81. The maximum atomic E-state index is 9.60. The number of hydrogen-bond donors (Lipinski definition) is 2. The monoisotopic (exact) mass is 261 g/mol. The molecule has 104 valence electrons. The van der Waals surface area contributed by atoms with E-state index < -0.39 is 0 Å². The lowest BCUT2D eigenvalue weighted by Gasteiger charge is -2.31. The van der Waals surface area contributed by atoms with Gasteiger partial charge in [0, 0.05) is 19.2 Å². The van der Waals surface area contributed by atoms with Gasteiger partial charge in [-0.2, -0.15) is 0 Å². The summed E-state index contributed by atoms with van der Waals surface area (Å²) in [4.78, 5) is 0. The minimum Gasteiger partial charge on any atom is -0.508 e. The van der Waals surface area contributed by atoms with E-state index in [0.717, 1.165) is 6.42 Å². The van der Waals surface area contributed by atoms with E-state index in [4.69, 9.17) is 4.74 Å². The Labute approximate surface area is 115 Å². The van der Waals surface area contributed by atoms with Gasteiger partial charge in [-0.25, -0.2) is 0 Å². The average molecular weight is 261 g/mol. The normalized spacial score (nSPS) is 30.3. The molecule has 0 aliphatic heterocycles. The Morgan fingerprint density at radius 3 is 2.95 bits per heavy atom. The Bertz CT molecular complexity index is 446. The number of aromatic hydroxyl groups is 1. The topological polar surface area (TPSA) is 41.5 Å². The fourth-order valence-corrected chi connectivity index (χ4v) is 3.63. The molecule has 0 aromatic heterocycles. The van der Waals surface area contributed by atoms with Crippen LogP contribution >= 0.6 is 0 Å². The fraction of sp³-hybridized carbons (Fsp3) is 0.625. The largest absolute Gasteiger partial charge is 0.508 e. The first-order chi connectivity index (χ1) is 9.28. The highest BCUT2D eigenvalue weighted by Gasteiger charge is 2.30. The van der Waals surface area contributed by atoms with E-state index in [-0.39, 0.29) is 0 Å². The van der Waals surface area contributed by atoms with Crippen LogP contribution < -0.4 is 5.32 Å². The number of ether oxygens (including phenoxy) is 1. The van der Waals surface area contributed by atoms with Gasteiger partial charge in [-0.3, -0.25) is 0 Å². The quantitative estimate of drug-likeness (QED) is 0.879. The van der Waals surface area contributed by atoms with Crippen molar-refractivity contribution >= 4 is 0 Å². The highest BCUT2D eigenvalue weighted by Crippen LogP contribution is 2.34. The van der Waals surface area contributed by atoms with Crippen LogP contribution in [-0.2, 0) is 11.2 Å². The first-order valence-corrected chi connectivity index (χ1v) is 7.38. The number of fused-ring (bicyclic) bond motifs is 1. The van der Waals surface area contributed by atoms with Gasteiger partial charge in [0.1, 0.15) is 5.75 Å². The summed E-state index contributed by atoms with van der Waals surface area (Å²) in [7, 11) is 1.82. The summed E-state index contributed by atoms with van der Waals surface area (Å²) in [5.74, 6) is 0.384. The minimum atomic E-state index is 0.363. The molecule has 3 unspecified atom stereocenters. The molecular weight excluding hydrogens is 238 g/mol. The van der Waals surface area contributed by atoms with Crippen LogP contribution in [0.1, 0.15) is 49.3 Å². The molecule has 0 saturated heterocycles. The number of nitrogens with one attached hydrogen (secondary N) is 1. The van der Waals surface area contributed by atoms with Gasteiger partial charge in [0.25, 0.3) is 0 Å². The van der Waals surface area contributed by atoms with E-state index in [9.17, 15) is 5.11 Å². The van der Waals surface area contributed by atoms with Gasteiger partial charge in [-0.15, -0.1) is 0 Å². The van der Waals surface area contributed by atoms with Gasteiger partial charge < -0.3 is 15.2 Å². The minimum absolute atomic E-state index is 0.363. The molecule has 0 spiro atoms. The zero-order chi connectivity index (χ0) is 13.2. The standard InChI is InChI=1S/C16H23NO2/c1-19-16-7-3-6-15(16)17-14-5-2-4-11-10-12(18)8-9-13(11)14/h8-10,14-18H,2-7H2,1H3. The smallest absolute Gasteiger partial charge is 0.115 e. The van der Waals surface area contributed by atoms with Gasteiger partial charge >= 0.3 is 0 Å². The summed E-state index contributed by atoms with van der Waals surface area (Å²) >= 11 is 0. The van der Waals surface area contributed by atoms with Crippen molar-refractivity contribution in [3.8, 4) is 5.75 Å². The van der Waals surface area contributed by atoms with Gasteiger partial charge in [-0.05, 0) is 61.8 Å². The third kappa shape index (κ3) is 2.63. The summed E-state index contributed by atoms with van der Waals surface area (Å²) in [6.07, 6.45) is 7.46. The van der Waals surface area contributed by atoms with Crippen molar-refractivity contribution in [2.75, 3.05) is 7.11 Å². The van der Waals surface area contributed by atoms with Gasteiger partial charge in [-0.1, -0.05) is 6.07 Å². The second-order valence-corrected chi connectivity index (χ2v) is 5.81. The van der Waals surface area contributed by atoms with Crippen molar-refractivity contribution in [3.63, 3.8) is 0 Å². The number of phenolic OH excluding ortho intramolecular Hbond substituents is 1. The van der Waals surface area contributed by atoms with E-state index >= 15 is 0 Å². The number of aryl methyl sites for hydroxylation is 1. The maximum absolute atomic E-state index is 9.60. The molecule has 3 rings (SSSR count). The molecule has 1 aromatic rings. The molecule has 3 atom stereocenters. The van der Waals surface area contributed by atoms with Crippen molar-refractivity contribution in [1.29, 1.82) is 0 Å². The van der Waals surface area contributed by atoms with Crippen molar-refractivity contribution in [3.05, 3.63) is 29.3 Å². The lowest BCUT2D eigenvalue weighted by Crippen LogP contribution is -2.40. The number of benzene rings is 1. The van der Waals surface area contributed by atoms with Crippen molar-refractivity contribution in [2.24, 2.45) is 0 Å². The fourth-order valence-electron chi connectivity index (χ4n) is 3.63. The van der Waals surface area contributed by atoms with Crippen LogP contribution in [0.3, 0.4) is 0 Å². The second kappa shape index (κ2) is 5.51. The van der Waals surface area contributed by atoms with E-state index in [1.807, 2.05) is 13.2 Å². The predicted molar refractivity (Wildman–Crippen MR) is 75.4 cm³/mol. The Morgan fingerprint density at radius 2 is 2.11 bits per heavy atom. The van der Waals surface area contributed by atoms with Crippen LogP contribution in [0.5, 0.6) is 5.75 Å². The average Bonchev–Trinajstić information content (AvgIpc) is 2.86. The molecule has 0 bridgehead atoms. The summed E-state index contributed by atoms with van der Waals surface area (Å²) in [6.45, 7) is 0. The van der Waals surface area contributed by atoms with Gasteiger partial charge in [0.05, 0.1) is 6.10 Å². The van der Waals surface area contributed by atoms with Crippen LogP contribution in [0.4, 0.5) is 0 Å². The molecular formula is C16H23NO2. The van der Waals surface area contributed by atoms with E-state index in [0.29, 0.717) is 23.9 Å². The lowest BCUT2D eigenvalue weighted by atomic mass is 9.87. The molecule has 2 aliphatic carbocycles. The van der Waals surface area contributed by atoms with E-state index in [1.165, 1.54) is 43.2 Å². The number of hydrogen-bond acceptors (Lipinski definition) is 3. The molecule has 1 aromatic carbocycles. The Balaban J connectivity index is 1.76. The molecule has 3 heteroatoms. The van der Waals surface area contributed by atoms with Crippen LogP contribution in [0, 0.1) is 0 Å². The highest BCUT2D eigenvalue weighted by atomic mass is 16.5. The summed E-state index contributed by atoms with van der Waals surface area (Å²) in [5.41, 5.74) is 2.67. The van der Waals surface area contributed by atoms with E-state index in [2.05, 4.69) is 11.4 Å². The summed E-state index contributed by atoms with van der Waals surface area (Å²) < 4.78 is 5.57. The molecule has 0 amide bonds. The molecule has 3 nitrogen and oxygen atoms in total. The zero-order valence-corrected chi connectivity index (χ0v) is 11.6. The molecule has 1 saturated carbocycles. The predicted octanol–water partition coefficient (Wildman–Crippen LogP) is 2.93. The molecule has 19 heavy (non-hydrogen) atoms. The van der Waals surface area contributed by atoms with Crippen LogP contribution in [0.2, 0.25) is 0 Å². The first-order valence-electron chi connectivity index (χ1n) is 7.38.